The highest BCUT2D eigenvalue weighted by Gasteiger charge is 2.34. The lowest BCUT2D eigenvalue weighted by Crippen LogP contribution is -2.46. The van der Waals surface area contributed by atoms with Crippen molar-refractivity contribution in [1.29, 1.82) is 0 Å². The summed E-state index contributed by atoms with van der Waals surface area (Å²) < 4.78 is 5.44. The molecule has 0 aromatic carbocycles. The van der Waals surface area contributed by atoms with Gasteiger partial charge in [-0.2, -0.15) is 0 Å². The van der Waals surface area contributed by atoms with E-state index in [1.807, 2.05) is 25.7 Å². The van der Waals surface area contributed by atoms with Crippen molar-refractivity contribution in [1.82, 2.24) is 4.90 Å². The molecule has 1 heterocycles. The molecule has 0 aromatic heterocycles. The number of fused-ring (bicyclic) bond motifs is 1. The summed E-state index contributed by atoms with van der Waals surface area (Å²) in [4.78, 5) is 13.9. The van der Waals surface area contributed by atoms with Crippen molar-refractivity contribution in [3.8, 4) is 0 Å². The van der Waals surface area contributed by atoms with E-state index in [0.717, 1.165) is 24.9 Å². The van der Waals surface area contributed by atoms with Gasteiger partial charge in [-0.3, -0.25) is 0 Å². The van der Waals surface area contributed by atoms with Gasteiger partial charge >= 0.3 is 6.09 Å². The minimum absolute atomic E-state index is 0.124. The van der Waals surface area contributed by atoms with Crippen LogP contribution in [0.1, 0.15) is 52.9 Å². The van der Waals surface area contributed by atoms with Crippen LogP contribution in [-0.4, -0.2) is 29.7 Å². The topological polar surface area (TPSA) is 29.5 Å². The maximum absolute atomic E-state index is 12.0. The maximum atomic E-state index is 12.0. The number of ether oxygens (including phenoxy) is 1. The molecule has 0 radical (unpaired) electrons. The first-order valence-corrected chi connectivity index (χ1v) is 6.93. The molecule has 3 heteroatoms. The number of hydrogen-bond donors (Lipinski definition) is 0. The van der Waals surface area contributed by atoms with Gasteiger partial charge in [-0.25, -0.2) is 4.79 Å². The van der Waals surface area contributed by atoms with E-state index >= 15 is 0 Å². The Morgan fingerprint density at radius 3 is 2.41 bits per heavy atom. The third kappa shape index (κ3) is 3.36. The van der Waals surface area contributed by atoms with Crippen LogP contribution in [0, 0.1) is 11.8 Å². The van der Waals surface area contributed by atoms with Gasteiger partial charge in [-0.05, 0) is 45.4 Å². The lowest BCUT2D eigenvalue weighted by Gasteiger charge is -2.41. The van der Waals surface area contributed by atoms with Crippen molar-refractivity contribution >= 4 is 6.09 Å². The minimum Gasteiger partial charge on any atom is -0.444 e. The molecule has 0 aromatic rings. The van der Waals surface area contributed by atoms with Gasteiger partial charge in [0.15, 0.2) is 0 Å². The summed E-state index contributed by atoms with van der Waals surface area (Å²) in [6, 6.07) is 0. The molecule has 2 unspecified atom stereocenters. The van der Waals surface area contributed by atoms with E-state index in [1.165, 1.54) is 32.1 Å². The Labute approximate surface area is 105 Å². The van der Waals surface area contributed by atoms with Gasteiger partial charge < -0.3 is 9.64 Å². The lowest BCUT2D eigenvalue weighted by atomic mass is 9.75. The SMILES string of the molecule is CC(C)(C)OC(=O)N1CCC2CCCCC2C1. The van der Waals surface area contributed by atoms with Gasteiger partial charge in [-0.1, -0.05) is 19.3 Å². The van der Waals surface area contributed by atoms with Crippen molar-refractivity contribution in [3.63, 3.8) is 0 Å². The zero-order chi connectivity index (χ0) is 12.5. The van der Waals surface area contributed by atoms with E-state index in [9.17, 15) is 4.79 Å². The number of piperidine rings is 1. The monoisotopic (exact) mass is 239 g/mol. The van der Waals surface area contributed by atoms with E-state index in [-0.39, 0.29) is 11.7 Å². The van der Waals surface area contributed by atoms with Crippen molar-refractivity contribution in [2.75, 3.05) is 13.1 Å². The van der Waals surface area contributed by atoms with Gasteiger partial charge in [0.05, 0.1) is 0 Å². The fraction of sp³-hybridized carbons (Fsp3) is 0.929. The molecular formula is C14H25NO2. The van der Waals surface area contributed by atoms with Gasteiger partial charge in [0, 0.05) is 13.1 Å². The van der Waals surface area contributed by atoms with E-state index in [0.29, 0.717) is 0 Å². The first-order chi connectivity index (χ1) is 7.96. The predicted octanol–water partition coefficient (Wildman–Crippen LogP) is 3.43. The molecule has 2 rings (SSSR count). The average Bonchev–Trinajstić information content (AvgIpc) is 2.26. The van der Waals surface area contributed by atoms with Crippen LogP contribution in [-0.2, 0) is 4.74 Å². The summed E-state index contributed by atoms with van der Waals surface area (Å²) in [5.74, 6) is 1.59. The molecule has 0 bridgehead atoms. The standard InChI is InChI=1S/C14H25NO2/c1-14(2,3)17-13(16)15-9-8-11-6-4-5-7-12(11)10-15/h11-12H,4-10H2,1-3H3. The highest BCUT2D eigenvalue weighted by Crippen LogP contribution is 2.36. The predicted molar refractivity (Wildman–Crippen MR) is 67.9 cm³/mol. The molecular weight excluding hydrogens is 214 g/mol. The summed E-state index contributed by atoms with van der Waals surface area (Å²) in [5, 5.41) is 0. The largest absolute Gasteiger partial charge is 0.444 e. The molecule has 1 aliphatic heterocycles. The second-order valence-corrected chi connectivity index (χ2v) is 6.52. The third-order valence-electron chi connectivity index (χ3n) is 3.94. The molecule has 2 atom stereocenters. The molecule has 17 heavy (non-hydrogen) atoms. The van der Waals surface area contributed by atoms with Crippen LogP contribution in [0.3, 0.4) is 0 Å². The fourth-order valence-electron chi connectivity index (χ4n) is 3.09. The van der Waals surface area contributed by atoms with Crippen LogP contribution in [0.25, 0.3) is 0 Å². The molecule has 2 aliphatic rings. The van der Waals surface area contributed by atoms with Gasteiger partial charge in [0.1, 0.15) is 5.60 Å². The van der Waals surface area contributed by atoms with Crippen molar-refractivity contribution in [2.24, 2.45) is 11.8 Å². The number of carbonyl (C=O) groups is 1. The lowest BCUT2D eigenvalue weighted by molar-refractivity contribution is 0.00565. The highest BCUT2D eigenvalue weighted by molar-refractivity contribution is 5.68. The normalized spacial score (nSPS) is 29.7. The van der Waals surface area contributed by atoms with Crippen molar-refractivity contribution in [2.45, 2.75) is 58.5 Å². The average molecular weight is 239 g/mol. The Morgan fingerprint density at radius 1 is 1.12 bits per heavy atom. The summed E-state index contributed by atoms with van der Waals surface area (Å²) in [7, 11) is 0. The molecule has 1 saturated heterocycles. The van der Waals surface area contributed by atoms with Gasteiger partial charge in [0.25, 0.3) is 0 Å². The summed E-state index contributed by atoms with van der Waals surface area (Å²) in [5.41, 5.74) is -0.375. The smallest absolute Gasteiger partial charge is 0.410 e. The second-order valence-electron chi connectivity index (χ2n) is 6.52. The summed E-state index contributed by atoms with van der Waals surface area (Å²) in [6.45, 7) is 7.59. The fourth-order valence-corrected chi connectivity index (χ4v) is 3.09. The molecule has 1 amide bonds. The molecule has 1 saturated carbocycles. The van der Waals surface area contributed by atoms with Crippen LogP contribution < -0.4 is 0 Å². The van der Waals surface area contributed by atoms with Crippen LogP contribution in [0.15, 0.2) is 0 Å². The Morgan fingerprint density at radius 2 is 1.76 bits per heavy atom. The van der Waals surface area contributed by atoms with Crippen LogP contribution >= 0.6 is 0 Å². The summed E-state index contributed by atoms with van der Waals surface area (Å²) >= 11 is 0. The summed E-state index contributed by atoms with van der Waals surface area (Å²) in [6.07, 6.45) is 6.43. The Hall–Kier alpha value is -0.730. The van der Waals surface area contributed by atoms with Crippen molar-refractivity contribution in [3.05, 3.63) is 0 Å². The van der Waals surface area contributed by atoms with Gasteiger partial charge in [-0.15, -0.1) is 0 Å². The highest BCUT2D eigenvalue weighted by atomic mass is 16.6. The zero-order valence-corrected chi connectivity index (χ0v) is 11.4. The number of carbonyl (C=O) groups excluding carboxylic acids is 1. The van der Waals surface area contributed by atoms with Crippen LogP contribution in [0.4, 0.5) is 4.79 Å². The Bertz CT molecular complexity index is 282. The van der Waals surface area contributed by atoms with Crippen molar-refractivity contribution < 1.29 is 9.53 Å². The van der Waals surface area contributed by atoms with Crippen LogP contribution in [0.5, 0.6) is 0 Å². The second kappa shape index (κ2) is 4.87. The Balaban J connectivity index is 1.89. The minimum atomic E-state index is -0.375. The number of nitrogens with zero attached hydrogens (tertiary/aromatic N) is 1. The third-order valence-corrected chi connectivity index (χ3v) is 3.94. The van der Waals surface area contributed by atoms with E-state index in [4.69, 9.17) is 4.74 Å². The van der Waals surface area contributed by atoms with E-state index in [2.05, 4.69) is 0 Å². The number of likely N-dealkylation sites (tertiary alicyclic amines) is 1. The number of hydrogen-bond acceptors (Lipinski definition) is 2. The maximum Gasteiger partial charge on any atom is 0.410 e. The molecule has 3 nitrogen and oxygen atoms in total. The van der Waals surface area contributed by atoms with Gasteiger partial charge in [0.2, 0.25) is 0 Å². The zero-order valence-electron chi connectivity index (χ0n) is 11.4. The first kappa shape index (κ1) is 12.7. The number of amides is 1. The van der Waals surface area contributed by atoms with E-state index < -0.39 is 0 Å². The molecule has 98 valence electrons. The molecule has 1 aliphatic carbocycles. The molecule has 0 N–H and O–H groups in total. The number of rotatable bonds is 0. The quantitative estimate of drug-likeness (QED) is 0.648. The molecule has 2 fully saturated rings. The molecule has 0 spiro atoms. The Kier molecular flexibility index (Phi) is 3.64. The van der Waals surface area contributed by atoms with Crippen LogP contribution in [0.2, 0.25) is 0 Å². The first-order valence-electron chi connectivity index (χ1n) is 6.93. The van der Waals surface area contributed by atoms with E-state index in [1.54, 1.807) is 0 Å².